The van der Waals surface area contributed by atoms with Crippen molar-refractivity contribution in [3.8, 4) is 43.3 Å². The Balaban J connectivity index is 0.000000126. The number of imidazole rings is 1. The fourth-order valence-corrected chi connectivity index (χ4v) is 22.5. The molecule has 17 aromatic rings. The number of aliphatic imine (C=N–C) groups is 4. The predicted octanol–water partition coefficient (Wildman–Crippen LogP) is 22.6. The maximum absolute atomic E-state index is 12.9. The minimum absolute atomic E-state index is 0.0716. The fraction of sp³-hybridized carbons (Fsp3) is 0.296. The number of ether oxygens (including phenoxy) is 4. The van der Waals surface area contributed by atoms with Gasteiger partial charge in [0, 0.05) is 109 Å². The fourth-order valence-electron chi connectivity index (χ4n) is 18.3. The number of rotatable bonds is 19. The summed E-state index contributed by atoms with van der Waals surface area (Å²) < 4.78 is 36.8. The molecular formula is C108H106Cl4N22O10S3. The molecule has 4 aliphatic rings. The van der Waals surface area contributed by atoms with Crippen molar-refractivity contribution in [3.05, 3.63) is 328 Å². The summed E-state index contributed by atoms with van der Waals surface area (Å²) in [6.07, 6.45) is 5.28. The van der Waals surface area contributed by atoms with Crippen molar-refractivity contribution >= 4 is 149 Å². The number of nitrogens with one attached hydrogen (secondary N) is 1. The van der Waals surface area contributed by atoms with Crippen LogP contribution in [0.2, 0.25) is 20.1 Å². The number of carbonyl (C=O) groups is 4. The largest absolute Gasteiger partial charge is 0.497 e. The summed E-state index contributed by atoms with van der Waals surface area (Å²) in [5.41, 5.74) is 25.6. The van der Waals surface area contributed by atoms with E-state index in [0.717, 1.165) is 179 Å². The standard InChI is InChI=1S/C23H25ClN4O2S.C23H23ClN4O2.C23H21N5O3.C20H19ClN4O2S.C19H18ClN5OS/c1-12-13(2)31-22-19(12)20(15-7-9-16(24)10-8-15)25-17(11-18(29)30-23(4,5)6)21-27-26-14(3)28(21)22;1-4-5-17(29)12-20-23-27-26-14(2)28(23)21-11-10-18(30-3)13-19(21)22(25-20)15-6-8-16(24)9-7-15;1-12-21(14(3)31-27-12)16-9-18-15(10-20(16)30-4)22-19(11-25-18)26-23(29)28(22)13(2)17-7-5-6-8-24-17;1-10-11(2)28-20-17(10)18(13-5-7-14(21)8-6-13)22-15(9-16(26)27-4)19-24-23-12(3)25(19)20;1-9-10(2)27-19-16(9)17(12-4-6-13(20)7-5-12)22-14(8-15(21)26)18-24-23-11(3)25(18)19/h7-10,17H,11H2,1-6H3;6-11,13,20H,4-5,12H2,1-3H3;5-11,13H,1-4H3,(H,26,29);5-8,15H,9H2,1-4H3;4-7,14H,8H2,1-3H3,(H2,21,26)/t17-;20-;13-;15-;14-/m00100/s1. The van der Waals surface area contributed by atoms with E-state index >= 15 is 0 Å². The highest BCUT2D eigenvalue weighted by molar-refractivity contribution is 7.16. The van der Waals surface area contributed by atoms with E-state index in [-0.39, 0.29) is 55.1 Å². The lowest BCUT2D eigenvalue weighted by Crippen LogP contribution is -2.25. The Labute approximate surface area is 879 Å². The summed E-state index contributed by atoms with van der Waals surface area (Å²) in [5, 5.41) is 45.1. The number of nitrogens with two attached hydrogens (primary N) is 1. The molecule has 32 nitrogen and oxygen atoms in total. The molecule has 5 atom stereocenters. The van der Waals surface area contributed by atoms with Crippen LogP contribution in [0.25, 0.3) is 53.8 Å². The second-order valence-corrected chi connectivity index (χ2v) is 42.1. The van der Waals surface area contributed by atoms with Gasteiger partial charge in [0.1, 0.15) is 91.1 Å². The number of thiophene rings is 3. The van der Waals surface area contributed by atoms with Crippen molar-refractivity contribution in [1.29, 1.82) is 0 Å². The van der Waals surface area contributed by atoms with Crippen LogP contribution in [0.5, 0.6) is 11.5 Å². The number of pyridine rings is 2. The van der Waals surface area contributed by atoms with E-state index in [1.165, 1.54) is 21.7 Å². The summed E-state index contributed by atoms with van der Waals surface area (Å²) in [5.74, 6) is 6.81. The van der Waals surface area contributed by atoms with Gasteiger partial charge in [0.25, 0.3) is 0 Å². The lowest BCUT2D eigenvalue weighted by atomic mass is 9.99. The summed E-state index contributed by atoms with van der Waals surface area (Å²) in [4.78, 5) is 97.5. The highest BCUT2D eigenvalue weighted by atomic mass is 35.5. The number of carbonyl (C=O) groups excluding carboxylic acids is 4. The molecule has 754 valence electrons. The third kappa shape index (κ3) is 21.2. The Morgan fingerprint density at radius 3 is 1.35 bits per heavy atom. The Bertz CT molecular complexity index is 8140. The monoisotopic (exact) mass is 2110 g/mol. The molecule has 0 bridgehead atoms. The molecular weight excluding hydrogens is 2000 g/mol. The Morgan fingerprint density at radius 1 is 0.497 bits per heavy atom. The summed E-state index contributed by atoms with van der Waals surface area (Å²) in [6, 6.07) is 43.6. The molecule has 0 spiro atoms. The highest BCUT2D eigenvalue weighted by Gasteiger charge is 2.39. The molecule has 21 rings (SSSR count). The average Bonchev–Trinajstić information content (AvgIpc) is 1.59. The van der Waals surface area contributed by atoms with Gasteiger partial charge in [0.15, 0.2) is 23.3 Å². The zero-order valence-electron chi connectivity index (χ0n) is 84.5. The van der Waals surface area contributed by atoms with Crippen LogP contribution >= 0.6 is 80.4 Å². The van der Waals surface area contributed by atoms with Gasteiger partial charge in [-0.25, -0.2) is 4.79 Å². The smallest absolute Gasteiger partial charge is 0.327 e. The van der Waals surface area contributed by atoms with Gasteiger partial charge < -0.3 is 34.2 Å². The van der Waals surface area contributed by atoms with Gasteiger partial charge in [-0.05, 0) is 225 Å². The third-order valence-corrected chi connectivity index (χ3v) is 30.3. The number of Topliss-reactive ketones (excluding diaryl/α,β-unsaturated/α-hetero) is 1. The van der Waals surface area contributed by atoms with Crippen molar-refractivity contribution in [2.24, 2.45) is 25.7 Å². The molecule has 0 radical (unpaired) electrons. The van der Waals surface area contributed by atoms with E-state index in [2.05, 4.69) is 102 Å². The van der Waals surface area contributed by atoms with E-state index < -0.39 is 35.7 Å². The summed E-state index contributed by atoms with van der Waals surface area (Å²) >= 11 is 29.4. The number of aryl methyl sites for hydroxylation is 9. The Morgan fingerprint density at radius 2 is 0.932 bits per heavy atom. The quantitative estimate of drug-likeness (QED) is 0.0710. The number of nitrogens with zero attached hydrogens (tertiary/aromatic N) is 20. The van der Waals surface area contributed by atoms with Gasteiger partial charge in [0.2, 0.25) is 5.91 Å². The molecule has 0 saturated carbocycles. The topological polar surface area (TPSA) is 393 Å². The number of esters is 2. The van der Waals surface area contributed by atoms with Gasteiger partial charge in [0.05, 0.1) is 115 Å². The van der Waals surface area contributed by atoms with E-state index in [0.29, 0.717) is 66.8 Å². The molecule has 147 heavy (non-hydrogen) atoms. The van der Waals surface area contributed by atoms with Crippen LogP contribution in [0.3, 0.4) is 0 Å². The van der Waals surface area contributed by atoms with Crippen molar-refractivity contribution in [2.45, 2.75) is 192 Å². The van der Waals surface area contributed by atoms with Crippen LogP contribution < -0.4 is 20.9 Å². The van der Waals surface area contributed by atoms with Crippen molar-refractivity contribution in [3.63, 3.8) is 0 Å². The molecule has 3 N–H and O–H groups in total. The second kappa shape index (κ2) is 43.3. The number of methoxy groups -OCH3 is 3. The summed E-state index contributed by atoms with van der Waals surface area (Å²) in [7, 11) is 4.64. The number of H-pyrrole nitrogens is 1. The molecule has 6 aromatic carbocycles. The lowest BCUT2D eigenvalue weighted by Gasteiger charge is -2.21. The van der Waals surface area contributed by atoms with Crippen molar-refractivity contribution in [1.82, 2.24) is 83.7 Å². The number of benzene rings is 6. The van der Waals surface area contributed by atoms with Crippen LogP contribution in [0, 0.1) is 83.1 Å². The second-order valence-electron chi connectivity index (χ2n) is 36.8. The molecule has 0 aliphatic carbocycles. The minimum atomic E-state index is -0.569. The first-order valence-electron chi connectivity index (χ1n) is 47.4. The van der Waals surface area contributed by atoms with Crippen LogP contribution in [0.4, 0.5) is 0 Å². The lowest BCUT2D eigenvalue weighted by molar-refractivity contribution is -0.155. The minimum Gasteiger partial charge on any atom is -0.497 e. The Kier molecular flexibility index (Phi) is 30.6. The first-order chi connectivity index (χ1) is 70.3. The normalized spacial score (nSPS) is 14.9. The maximum Gasteiger partial charge on any atom is 0.327 e. The number of halogens is 4. The van der Waals surface area contributed by atoms with Gasteiger partial charge >= 0.3 is 17.6 Å². The number of aromatic nitrogens is 17. The molecule has 1 amide bonds. The number of primary amides is 1. The predicted molar refractivity (Wildman–Crippen MR) is 575 cm³/mol. The van der Waals surface area contributed by atoms with E-state index in [4.69, 9.17) is 95.6 Å². The van der Waals surface area contributed by atoms with Gasteiger partial charge in [-0.2, -0.15) is 0 Å². The highest BCUT2D eigenvalue weighted by Crippen LogP contribution is 2.47. The van der Waals surface area contributed by atoms with Crippen LogP contribution in [0.1, 0.15) is 243 Å². The number of hydrogen-bond donors (Lipinski definition) is 2. The van der Waals surface area contributed by atoms with E-state index in [9.17, 15) is 24.0 Å². The molecule has 0 unspecified atom stereocenters. The van der Waals surface area contributed by atoms with Gasteiger partial charge in [-0.1, -0.05) is 113 Å². The Hall–Kier alpha value is -14.5. The van der Waals surface area contributed by atoms with E-state index in [1.54, 1.807) is 65.2 Å². The molecule has 0 saturated heterocycles. The average molecular weight is 2110 g/mol. The first-order valence-corrected chi connectivity index (χ1v) is 51.4. The maximum atomic E-state index is 12.9. The van der Waals surface area contributed by atoms with Crippen LogP contribution in [-0.4, -0.2) is 157 Å². The van der Waals surface area contributed by atoms with Gasteiger partial charge in [-0.15, -0.1) is 74.8 Å². The molecule has 0 fully saturated rings. The number of hydrogen-bond acceptors (Lipinski definition) is 28. The van der Waals surface area contributed by atoms with Crippen molar-refractivity contribution in [2.75, 3.05) is 21.3 Å². The molecule has 4 aliphatic heterocycles. The molecule has 39 heteroatoms. The van der Waals surface area contributed by atoms with Gasteiger partial charge in [-0.3, -0.25) is 72.0 Å². The van der Waals surface area contributed by atoms with Crippen molar-refractivity contribution < 1.29 is 42.6 Å². The van der Waals surface area contributed by atoms with E-state index in [1.807, 2.05) is 240 Å². The number of ketones is 1. The molecule has 11 aromatic heterocycles. The van der Waals surface area contributed by atoms with Crippen LogP contribution in [0.15, 0.2) is 187 Å². The number of aromatic amines is 1. The SMILES string of the molecule is CCCC(=O)C[C@@H]1N=C(c2ccc(Cl)cc2)c2cc(OC)ccc2-n2c(C)nnc21.COC(=O)C[C@@H]1N=C(c2ccc(Cl)cc2)c2c(sc(C)c2C)-n2c(C)nnc21.COc1cc2c(cc1-c1c(C)noc1C)ncc1[nH]c(=O)n([C@H](C)c3ccccn3)c12.Cc1sc2c(c1C)C(c1ccc(Cl)cc1)=N[C@@H](CC(=O)OC(C)(C)C)c1nnc(C)n1-2.Cc1sc2c(c1C)C(c1ccc(Cl)cc1)=N[C@@H](CC(N)=O)c1nnc(C)n1-2. The number of amides is 1. The number of fused-ring (bicyclic) bond motifs is 15. The third-order valence-electron chi connectivity index (χ3n) is 25.7. The molecule has 15 heterocycles. The summed E-state index contributed by atoms with van der Waals surface area (Å²) in [6.45, 7) is 33.5. The zero-order chi connectivity index (χ0) is 105. The first kappa shape index (κ1) is 104. The van der Waals surface area contributed by atoms with Crippen LogP contribution in [-0.2, 0) is 28.7 Å². The zero-order valence-corrected chi connectivity index (χ0v) is 90.0.